The lowest BCUT2D eigenvalue weighted by atomic mass is 9.93. The first-order valence-electron chi connectivity index (χ1n) is 36.3. The third kappa shape index (κ3) is 14.2. The van der Waals surface area contributed by atoms with Gasteiger partial charge >= 0.3 is 0 Å². The molecule has 0 heterocycles. The molecule has 0 fully saturated rings. The fourth-order valence-electron chi connectivity index (χ4n) is 14.6. The summed E-state index contributed by atoms with van der Waals surface area (Å²) in [7, 11) is 0. The first-order chi connectivity index (χ1) is 52.5. The number of rotatable bonds is 16. The monoisotopic (exact) mass is 1350 g/mol. The molecule has 0 aliphatic rings. The zero-order chi connectivity index (χ0) is 70.8. The number of hydrogen-bond donors (Lipinski definition) is 0. The first-order valence-corrected chi connectivity index (χ1v) is 36.3. The maximum atomic E-state index is 2.34. The van der Waals surface area contributed by atoms with Gasteiger partial charge in [0.15, 0.2) is 0 Å². The molecule has 0 unspecified atom stereocenters. The lowest BCUT2D eigenvalue weighted by Crippen LogP contribution is -2.09. The molecule has 0 atom stereocenters. The Kier molecular flexibility index (Phi) is 18.7. The first kappa shape index (κ1) is 65.4. The van der Waals surface area contributed by atoms with Crippen LogP contribution in [0.25, 0.3) is 133 Å². The van der Waals surface area contributed by atoms with Crippen molar-refractivity contribution in [3.05, 3.63) is 449 Å². The van der Waals surface area contributed by atoms with E-state index in [0.29, 0.717) is 0 Å². The lowest BCUT2D eigenvalue weighted by Gasteiger charge is -2.26. The Morgan fingerprint density at radius 3 is 0.594 bits per heavy atom. The highest BCUT2D eigenvalue weighted by atomic mass is 15.1. The summed E-state index contributed by atoms with van der Waals surface area (Å²) in [5.41, 5.74) is 30.9. The maximum absolute atomic E-state index is 2.34. The van der Waals surface area contributed by atoms with Crippen LogP contribution in [0.2, 0.25) is 0 Å². The summed E-state index contributed by atoms with van der Waals surface area (Å²) in [6, 6.07) is 161. The predicted octanol–water partition coefficient (Wildman–Crippen LogP) is 29.3. The molecule has 0 saturated carbocycles. The van der Waals surface area contributed by atoms with Gasteiger partial charge in [0.25, 0.3) is 0 Å². The van der Waals surface area contributed by atoms with E-state index in [-0.39, 0.29) is 0 Å². The second-order valence-electron chi connectivity index (χ2n) is 26.8. The number of benzene rings is 18. The van der Waals surface area contributed by atoms with E-state index in [9.17, 15) is 0 Å². The van der Waals surface area contributed by atoms with Crippen molar-refractivity contribution >= 4 is 55.7 Å². The van der Waals surface area contributed by atoms with Crippen LogP contribution in [0.1, 0.15) is 0 Å². The van der Waals surface area contributed by atoms with Crippen LogP contribution in [-0.4, -0.2) is 0 Å². The summed E-state index contributed by atoms with van der Waals surface area (Å²) in [5, 5.41) is 4.97. The minimum absolute atomic E-state index is 1.10. The van der Waals surface area contributed by atoms with Crippen LogP contribution >= 0.6 is 0 Å². The Morgan fingerprint density at radius 1 is 0.113 bits per heavy atom. The fraction of sp³-hybridized carbons (Fsp3) is 0. The SMILES string of the molecule is c1ccc(-c2ccc(-c3cccc4ccc(-c5ccc(N(c6ccc(-c7ccccc7)cc6)c6ccc(-c7ccccc7)cc6)cc5)cc34)cc2)cc1.c1ccc(-c2ccc(N(c3ccc(-c4ccccc4)cc3)c3ccc(-c4ccc5cccc(-c6cccc(-c7ccccc7)c6)c5c4)cc3)cc2)cc1. The average Bonchev–Trinajstić information content (AvgIpc) is 0.789. The summed E-state index contributed by atoms with van der Waals surface area (Å²) in [5.74, 6) is 0. The second kappa shape index (κ2) is 30.3. The molecule has 0 saturated heterocycles. The normalized spacial score (nSPS) is 11.0. The highest BCUT2D eigenvalue weighted by Gasteiger charge is 2.18. The van der Waals surface area contributed by atoms with E-state index < -0.39 is 0 Å². The Hall–Kier alpha value is -13.9. The van der Waals surface area contributed by atoms with E-state index in [1.54, 1.807) is 0 Å². The third-order valence-corrected chi connectivity index (χ3v) is 20.2. The molecule has 0 radical (unpaired) electrons. The minimum Gasteiger partial charge on any atom is -0.311 e. The standard InChI is InChI=1S/2C52H37N/c1-4-12-38(13-5-1)41-24-30-48(31-25-41)53(49-32-26-42(27-33-49)39-14-6-2-7-15-39)50-34-28-43(29-35-50)46-23-22-44-18-11-21-51(52(44)37-46)47-20-10-19-45(36-47)40-16-8-3-9-17-40;1-4-11-38(12-5-1)41-19-21-46(22-20-41)51-18-10-17-45-23-24-47(37-52(45)51)44-29-35-50(36-30-44)53(48-31-25-42(26-32-48)39-13-6-2-7-14-39)49-33-27-43(28-34-49)40-15-8-3-9-16-40/h2*1-37H. The summed E-state index contributed by atoms with van der Waals surface area (Å²) >= 11 is 0. The zero-order valence-corrected chi connectivity index (χ0v) is 58.6. The zero-order valence-electron chi connectivity index (χ0n) is 58.6. The van der Waals surface area contributed by atoms with Gasteiger partial charge in [-0.3, -0.25) is 0 Å². The van der Waals surface area contributed by atoms with Crippen LogP contribution in [0.3, 0.4) is 0 Å². The average molecular weight is 1350 g/mol. The highest BCUT2D eigenvalue weighted by Crippen LogP contribution is 2.43. The number of anilines is 6. The highest BCUT2D eigenvalue weighted by molar-refractivity contribution is 6.01. The van der Waals surface area contributed by atoms with Crippen LogP contribution in [-0.2, 0) is 0 Å². The molecule has 0 bridgehead atoms. The van der Waals surface area contributed by atoms with Crippen LogP contribution in [0.5, 0.6) is 0 Å². The molecular weight excluding hydrogens is 1280 g/mol. The number of hydrogen-bond acceptors (Lipinski definition) is 2. The quantitative estimate of drug-likeness (QED) is 0.0951. The van der Waals surface area contributed by atoms with Crippen molar-refractivity contribution in [1.29, 1.82) is 0 Å². The topological polar surface area (TPSA) is 6.48 Å². The molecule has 18 rings (SSSR count). The van der Waals surface area contributed by atoms with Crippen LogP contribution in [0.4, 0.5) is 34.1 Å². The Bertz CT molecular complexity index is 5790. The summed E-state index contributed by atoms with van der Waals surface area (Å²) in [6.45, 7) is 0. The minimum atomic E-state index is 1.10. The van der Waals surface area contributed by atoms with Gasteiger partial charge in [-0.1, -0.05) is 358 Å². The van der Waals surface area contributed by atoms with E-state index in [1.165, 1.54) is 133 Å². The van der Waals surface area contributed by atoms with Crippen molar-refractivity contribution in [1.82, 2.24) is 0 Å². The van der Waals surface area contributed by atoms with E-state index >= 15 is 0 Å². The van der Waals surface area contributed by atoms with Crippen LogP contribution in [0, 0.1) is 0 Å². The Balaban J connectivity index is 0.000000156. The second-order valence-corrected chi connectivity index (χ2v) is 26.8. The summed E-state index contributed by atoms with van der Waals surface area (Å²) in [6.07, 6.45) is 0. The van der Waals surface area contributed by atoms with Gasteiger partial charge in [0.05, 0.1) is 0 Å². The van der Waals surface area contributed by atoms with Crippen molar-refractivity contribution in [2.45, 2.75) is 0 Å². The molecule has 0 aromatic heterocycles. The Morgan fingerprint density at radius 2 is 0.302 bits per heavy atom. The molecule has 18 aromatic rings. The van der Waals surface area contributed by atoms with Gasteiger partial charge in [-0.05, 0) is 224 Å². The summed E-state index contributed by atoms with van der Waals surface area (Å²) < 4.78 is 0. The molecule has 0 aliphatic heterocycles. The molecule has 2 nitrogen and oxygen atoms in total. The number of fused-ring (bicyclic) bond motifs is 2. The maximum Gasteiger partial charge on any atom is 0.0462 e. The molecule has 0 N–H and O–H groups in total. The van der Waals surface area contributed by atoms with Gasteiger partial charge in [0.1, 0.15) is 0 Å². The van der Waals surface area contributed by atoms with Crippen LogP contribution in [0.15, 0.2) is 449 Å². The van der Waals surface area contributed by atoms with E-state index in [0.717, 1.165) is 34.1 Å². The van der Waals surface area contributed by atoms with Crippen molar-refractivity contribution in [3.63, 3.8) is 0 Å². The fourth-order valence-corrected chi connectivity index (χ4v) is 14.6. The van der Waals surface area contributed by atoms with Gasteiger partial charge in [-0.25, -0.2) is 0 Å². The predicted molar refractivity (Wildman–Crippen MR) is 452 cm³/mol. The lowest BCUT2D eigenvalue weighted by molar-refractivity contribution is 1.28. The van der Waals surface area contributed by atoms with E-state index in [2.05, 4.69) is 459 Å². The van der Waals surface area contributed by atoms with Gasteiger partial charge in [-0.15, -0.1) is 0 Å². The molecule has 0 amide bonds. The van der Waals surface area contributed by atoms with Crippen molar-refractivity contribution in [2.24, 2.45) is 0 Å². The van der Waals surface area contributed by atoms with Crippen molar-refractivity contribution in [2.75, 3.05) is 9.80 Å². The Labute approximate surface area is 621 Å². The van der Waals surface area contributed by atoms with E-state index in [4.69, 9.17) is 0 Å². The molecule has 500 valence electrons. The molecule has 18 aromatic carbocycles. The van der Waals surface area contributed by atoms with Crippen LogP contribution < -0.4 is 9.80 Å². The molecule has 0 spiro atoms. The molecule has 0 aliphatic carbocycles. The van der Waals surface area contributed by atoms with Gasteiger partial charge in [0.2, 0.25) is 0 Å². The molecule has 2 heteroatoms. The molecule has 106 heavy (non-hydrogen) atoms. The van der Waals surface area contributed by atoms with Gasteiger partial charge in [-0.2, -0.15) is 0 Å². The third-order valence-electron chi connectivity index (χ3n) is 20.2. The van der Waals surface area contributed by atoms with Crippen molar-refractivity contribution < 1.29 is 0 Å². The van der Waals surface area contributed by atoms with Crippen molar-refractivity contribution in [3.8, 4) is 111 Å². The number of nitrogens with zero attached hydrogens (tertiary/aromatic N) is 2. The smallest absolute Gasteiger partial charge is 0.0462 e. The summed E-state index contributed by atoms with van der Waals surface area (Å²) in [4.78, 5) is 4.68. The van der Waals surface area contributed by atoms with Gasteiger partial charge < -0.3 is 9.80 Å². The molecular formula is C104H74N2. The van der Waals surface area contributed by atoms with Gasteiger partial charge in [0, 0.05) is 34.1 Å². The largest absolute Gasteiger partial charge is 0.311 e. The van der Waals surface area contributed by atoms with E-state index in [1.807, 2.05) is 0 Å².